The Kier molecular flexibility index (Phi) is 3.08. The average molecular weight is 284 g/mol. The number of phenols is 1. The summed E-state index contributed by atoms with van der Waals surface area (Å²) >= 11 is 0. The van der Waals surface area contributed by atoms with Gasteiger partial charge in [0.2, 0.25) is 6.10 Å². The number of aliphatic hydroxyl groups excluding tert-OH is 1. The van der Waals surface area contributed by atoms with Gasteiger partial charge >= 0.3 is 0 Å². The van der Waals surface area contributed by atoms with Crippen molar-refractivity contribution in [3.63, 3.8) is 0 Å². The number of rotatable bonds is 2. The van der Waals surface area contributed by atoms with Gasteiger partial charge in [0.05, 0.1) is 11.4 Å². The second-order valence-corrected chi connectivity index (χ2v) is 4.55. The highest BCUT2D eigenvalue weighted by atomic mass is 16.3. The maximum Gasteiger partial charge on any atom is 0.284 e. The van der Waals surface area contributed by atoms with Crippen LogP contribution >= 0.6 is 0 Å². The Bertz CT molecular complexity index is 685. The molecule has 2 aromatic rings. The Hall–Kier alpha value is -2.86. The van der Waals surface area contributed by atoms with Crippen LogP contribution < -0.4 is 10.0 Å². The first-order valence-corrected chi connectivity index (χ1v) is 6.29. The Morgan fingerprint density at radius 1 is 0.762 bits per heavy atom. The second kappa shape index (κ2) is 4.92. The summed E-state index contributed by atoms with van der Waals surface area (Å²) in [6.07, 6.45) is -1.72. The van der Waals surface area contributed by atoms with Crippen molar-refractivity contribution < 1.29 is 19.8 Å². The monoisotopic (exact) mass is 284 g/mol. The van der Waals surface area contributed by atoms with Crippen LogP contribution in [0.2, 0.25) is 0 Å². The Labute approximate surface area is 120 Å². The summed E-state index contributed by atoms with van der Waals surface area (Å²) in [5.41, 5.74) is 0.854. The Balaban J connectivity index is 2.09. The number of aliphatic hydroxyl groups is 1. The lowest BCUT2D eigenvalue weighted by Gasteiger charge is -2.27. The lowest BCUT2D eigenvalue weighted by Crippen LogP contribution is -2.41. The topological polar surface area (TPSA) is 81.1 Å². The average Bonchev–Trinajstić information content (AvgIpc) is 2.73. The number of hydrogen-bond acceptors (Lipinski definition) is 4. The summed E-state index contributed by atoms with van der Waals surface area (Å²) in [5.74, 6) is -1.39. The van der Waals surface area contributed by atoms with Crippen molar-refractivity contribution in [2.24, 2.45) is 0 Å². The van der Waals surface area contributed by atoms with Crippen molar-refractivity contribution >= 4 is 23.2 Å². The van der Waals surface area contributed by atoms with Crippen LogP contribution in [-0.4, -0.2) is 28.1 Å². The molecule has 21 heavy (non-hydrogen) atoms. The molecule has 106 valence electrons. The number of para-hydroxylation sites is 1. The van der Waals surface area contributed by atoms with Crippen LogP contribution in [0.1, 0.15) is 0 Å². The Morgan fingerprint density at radius 3 is 1.76 bits per heavy atom. The van der Waals surface area contributed by atoms with E-state index in [0.717, 1.165) is 10.0 Å². The van der Waals surface area contributed by atoms with Gasteiger partial charge in [0, 0.05) is 0 Å². The largest absolute Gasteiger partial charge is 0.508 e. The number of hydrogen-bond donors (Lipinski definition) is 2. The van der Waals surface area contributed by atoms with Crippen LogP contribution in [0.4, 0.5) is 11.4 Å². The molecule has 0 aliphatic carbocycles. The van der Waals surface area contributed by atoms with Crippen LogP contribution in [0.15, 0.2) is 54.6 Å². The number of hydrazine groups is 1. The maximum absolute atomic E-state index is 12.1. The van der Waals surface area contributed by atoms with E-state index in [4.69, 9.17) is 0 Å². The van der Waals surface area contributed by atoms with Crippen LogP contribution in [0.25, 0.3) is 0 Å². The summed E-state index contributed by atoms with van der Waals surface area (Å²) < 4.78 is 0. The van der Waals surface area contributed by atoms with Gasteiger partial charge < -0.3 is 10.2 Å². The maximum atomic E-state index is 12.1. The van der Waals surface area contributed by atoms with E-state index in [1.807, 2.05) is 0 Å². The number of amides is 2. The number of nitrogens with zero attached hydrogens (tertiary/aromatic N) is 2. The summed E-state index contributed by atoms with van der Waals surface area (Å²) in [6.45, 7) is 0. The van der Waals surface area contributed by atoms with E-state index in [9.17, 15) is 19.8 Å². The lowest BCUT2D eigenvalue weighted by molar-refractivity contribution is -0.132. The van der Waals surface area contributed by atoms with E-state index < -0.39 is 17.9 Å². The van der Waals surface area contributed by atoms with E-state index in [-0.39, 0.29) is 5.75 Å². The fraction of sp³-hybridized carbons (Fsp3) is 0.0667. The molecule has 0 bridgehead atoms. The van der Waals surface area contributed by atoms with Gasteiger partial charge in [-0.2, -0.15) is 0 Å². The highest BCUT2D eigenvalue weighted by molar-refractivity contribution is 6.24. The molecule has 3 rings (SSSR count). The molecule has 1 fully saturated rings. The summed E-state index contributed by atoms with van der Waals surface area (Å²) in [6, 6.07) is 14.4. The third kappa shape index (κ3) is 2.11. The number of carbonyl (C=O) groups is 2. The number of carbonyl (C=O) groups excluding carboxylic acids is 2. The van der Waals surface area contributed by atoms with E-state index >= 15 is 0 Å². The molecule has 6 heteroatoms. The molecular formula is C15H12N2O4. The molecule has 2 aromatic carbocycles. The zero-order valence-corrected chi connectivity index (χ0v) is 10.9. The van der Waals surface area contributed by atoms with Gasteiger partial charge in [0.1, 0.15) is 5.75 Å². The molecule has 0 radical (unpaired) electrons. The first-order valence-electron chi connectivity index (χ1n) is 6.29. The standard InChI is InChI=1S/C15H12N2O4/c18-12-8-6-11(7-9-12)17-15(21)13(19)14(20)16(17)10-4-2-1-3-5-10/h1-9,13,18-19H. The Morgan fingerprint density at radius 2 is 1.24 bits per heavy atom. The van der Waals surface area contributed by atoms with E-state index in [0.29, 0.717) is 11.4 Å². The summed E-state index contributed by atoms with van der Waals surface area (Å²) in [4.78, 5) is 24.3. The molecule has 2 amide bonds. The molecule has 0 saturated carbocycles. The van der Waals surface area contributed by atoms with Gasteiger partial charge in [0.15, 0.2) is 0 Å². The molecule has 0 spiro atoms. The normalized spacial score (nSPS) is 18.4. The third-order valence-electron chi connectivity index (χ3n) is 3.18. The summed E-state index contributed by atoms with van der Waals surface area (Å²) in [5, 5.41) is 21.3. The second-order valence-electron chi connectivity index (χ2n) is 4.55. The number of phenolic OH excluding ortho intramolecular Hbond substituents is 1. The van der Waals surface area contributed by atoms with Gasteiger partial charge in [-0.25, -0.2) is 10.0 Å². The van der Waals surface area contributed by atoms with Gasteiger partial charge in [-0.1, -0.05) is 18.2 Å². The van der Waals surface area contributed by atoms with Gasteiger partial charge in [0.25, 0.3) is 11.8 Å². The van der Waals surface area contributed by atoms with Gasteiger partial charge in [-0.15, -0.1) is 0 Å². The predicted octanol–water partition coefficient (Wildman–Crippen LogP) is 1.05. The fourth-order valence-corrected chi connectivity index (χ4v) is 2.18. The molecule has 1 atom stereocenters. The molecule has 1 unspecified atom stereocenters. The van der Waals surface area contributed by atoms with Crippen molar-refractivity contribution in [2.75, 3.05) is 10.0 Å². The van der Waals surface area contributed by atoms with E-state index in [1.165, 1.54) is 24.3 Å². The van der Waals surface area contributed by atoms with Gasteiger partial charge in [-0.05, 0) is 36.4 Å². The lowest BCUT2D eigenvalue weighted by atomic mass is 10.3. The number of aromatic hydroxyl groups is 1. The van der Waals surface area contributed by atoms with E-state index in [1.54, 1.807) is 30.3 Å². The minimum absolute atomic E-state index is 0.0449. The van der Waals surface area contributed by atoms with Gasteiger partial charge in [-0.3, -0.25) is 9.59 Å². The molecule has 1 aliphatic rings. The van der Waals surface area contributed by atoms with Crippen molar-refractivity contribution in [1.29, 1.82) is 0 Å². The SMILES string of the molecule is O=C1C(O)C(=O)N(c2ccc(O)cc2)N1c1ccccc1. The van der Waals surface area contributed by atoms with Crippen LogP contribution in [0.5, 0.6) is 5.75 Å². The molecule has 6 nitrogen and oxygen atoms in total. The van der Waals surface area contributed by atoms with Crippen LogP contribution in [0.3, 0.4) is 0 Å². The zero-order chi connectivity index (χ0) is 15.0. The molecular weight excluding hydrogens is 272 g/mol. The molecule has 0 aromatic heterocycles. The molecule has 1 heterocycles. The minimum atomic E-state index is -1.72. The number of anilines is 2. The third-order valence-corrected chi connectivity index (χ3v) is 3.18. The van der Waals surface area contributed by atoms with Crippen LogP contribution in [-0.2, 0) is 9.59 Å². The quantitative estimate of drug-likeness (QED) is 0.808. The van der Waals surface area contributed by atoms with E-state index in [2.05, 4.69) is 0 Å². The molecule has 1 aliphatic heterocycles. The first-order chi connectivity index (χ1) is 10.1. The van der Waals surface area contributed by atoms with Crippen molar-refractivity contribution in [3.05, 3.63) is 54.6 Å². The highest BCUT2D eigenvalue weighted by Gasteiger charge is 2.46. The zero-order valence-electron chi connectivity index (χ0n) is 10.9. The van der Waals surface area contributed by atoms with Crippen molar-refractivity contribution in [3.8, 4) is 5.75 Å². The fourth-order valence-electron chi connectivity index (χ4n) is 2.18. The smallest absolute Gasteiger partial charge is 0.284 e. The summed E-state index contributed by atoms with van der Waals surface area (Å²) in [7, 11) is 0. The van der Waals surface area contributed by atoms with Crippen molar-refractivity contribution in [2.45, 2.75) is 6.10 Å². The predicted molar refractivity (Wildman–Crippen MR) is 75.5 cm³/mol. The highest BCUT2D eigenvalue weighted by Crippen LogP contribution is 2.29. The minimum Gasteiger partial charge on any atom is -0.508 e. The molecule has 1 saturated heterocycles. The van der Waals surface area contributed by atoms with Crippen LogP contribution in [0, 0.1) is 0 Å². The van der Waals surface area contributed by atoms with Crippen molar-refractivity contribution in [1.82, 2.24) is 0 Å². The first kappa shape index (κ1) is 13.1. The number of benzene rings is 2. The molecule has 2 N–H and O–H groups in total.